The zero-order valence-electron chi connectivity index (χ0n) is 18.7. The predicted molar refractivity (Wildman–Crippen MR) is 128 cm³/mol. The number of methoxy groups -OCH3 is 1. The lowest BCUT2D eigenvalue weighted by Gasteiger charge is -2.29. The average molecular weight is 448 g/mol. The van der Waals surface area contributed by atoms with Gasteiger partial charge in [0.2, 0.25) is 0 Å². The van der Waals surface area contributed by atoms with Crippen molar-refractivity contribution in [2.45, 2.75) is 25.4 Å². The van der Waals surface area contributed by atoms with Crippen molar-refractivity contribution < 1.29 is 9.53 Å². The maximum atomic E-state index is 12.7. The van der Waals surface area contributed by atoms with Gasteiger partial charge in [0.15, 0.2) is 0 Å². The summed E-state index contributed by atoms with van der Waals surface area (Å²) in [4.78, 5) is 30.7. The van der Waals surface area contributed by atoms with Crippen molar-refractivity contribution in [2.75, 3.05) is 32.1 Å². The van der Waals surface area contributed by atoms with Gasteiger partial charge >= 0.3 is 11.7 Å². The summed E-state index contributed by atoms with van der Waals surface area (Å²) in [5.41, 5.74) is 2.33. The van der Waals surface area contributed by atoms with Crippen molar-refractivity contribution >= 4 is 11.7 Å². The summed E-state index contributed by atoms with van der Waals surface area (Å²) < 4.78 is 7.10. The van der Waals surface area contributed by atoms with Crippen LogP contribution >= 0.6 is 0 Å². The third-order valence-electron chi connectivity index (χ3n) is 5.86. The molecule has 2 amide bonds. The van der Waals surface area contributed by atoms with Gasteiger partial charge in [-0.05, 0) is 55.8 Å². The van der Waals surface area contributed by atoms with Gasteiger partial charge in [-0.2, -0.15) is 0 Å². The highest BCUT2D eigenvalue weighted by Crippen LogP contribution is 2.31. The van der Waals surface area contributed by atoms with Crippen molar-refractivity contribution in [3.63, 3.8) is 0 Å². The normalized spacial score (nSPS) is 14.6. The Kier molecular flexibility index (Phi) is 7.36. The highest BCUT2D eigenvalue weighted by Gasteiger charge is 2.26. The van der Waals surface area contributed by atoms with E-state index in [0.717, 1.165) is 42.8 Å². The summed E-state index contributed by atoms with van der Waals surface area (Å²) >= 11 is 0. The first kappa shape index (κ1) is 22.5. The van der Waals surface area contributed by atoms with Crippen LogP contribution in [-0.2, 0) is 6.54 Å². The number of amides is 2. The summed E-state index contributed by atoms with van der Waals surface area (Å²) in [5, 5.41) is 5.93. The number of aromatic nitrogens is 2. The summed E-state index contributed by atoms with van der Waals surface area (Å²) in [6.45, 7) is 2.86. The molecule has 0 bridgehead atoms. The number of para-hydroxylation sites is 1. The second-order valence-electron chi connectivity index (χ2n) is 8.07. The summed E-state index contributed by atoms with van der Waals surface area (Å²) in [6, 6.07) is 16.9. The lowest BCUT2D eigenvalue weighted by Crippen LogP contribution is -2.38. The van der Waals surface area contributed by atoms with Gasteiger partial charge in [0.05, 0.1) is 19.7 Å². The highest BCUT2D eigenvalue weighted by molar-refractivity contribution is 5.89. The van der Waals surface area contributed by atoms with Crippen LogP contribution in [0.5, 0.6) is 5.75 Å². The summed E-state index contributed by atoms with van der Waals surface area (Å²) in [6.07, 6.45) is 5.48. The molecule has 33 heavy (non-hydrogen) atoms. The average Bonchev–Trinajstić information content (AvgIpc) is 3.36. The van der Waals surface area contributed by atoms with E-state index in [0.29, 0.717) is 18.8 Å². The lowest BCUT2D eigenvalue weighted by atomic mass is 10.0. The molecule has 0 saturated carbocycles. The zero-order chi connectivity index (χ0) is 23.0. The van der Waals surface area contributed by atoms with Crippen LogP contribution < -0.4 is 21.1 Å². The number of urea groups is 1. The Morgan fingerprint density at radius 1 is 1.12 bits per heavy atom. The number of anilines is 1. The van der Waals surface area contributed by atoms with E-state index in [1.807, 2.05) is 42.5 Å². The van der Waals surface area contributed by atoms with E-state index in [1.165, 1.54) is 10.8 Å². The van der Waals surface area contributed by atoms with Gasteiger partial charge in [0.25, 0.3) is 0 Å². The number of nitrogens with zero attached hydrogens (tertiary/aromatic N) is 3. The molecule has 0 spiro atoms. The fraction of sp³-hybridized carbons (Fsp3) is 0.320. The minimum Gasteiger partial charge on any atom is -0.496 e. The monoisotopic (exact) mass is 447 g/mol. The second-order valence-corrected chi connectivity index (χ2v) is 8.07. The number of likely N-dealkylation sites (tertiary alicyclic amines) is 1. The van der Waals surface area contributed by atoms with Gasteiger partial charge in [-0.3, -0.25) is 9.47 Å². The standard InChI is InChI=1S/C25H29N5O3/c1-33-23-11-3-2-10-21(23)22(29-13-4-5-14-29)17-27-24(31)28-20-9-6-8-19(16-20)18-30-15-7-12-26-25(30)32/h2-3,6-12,15-16,22H,4-5,13-14,17-18H2,1H3,(H2,27,28,31)/t22-/m1/s1. The largest absolute Gasteiger partial charge is 0.496 e. The summed E-state index contributed by atoms with van der Waals surface area (Å²) in [7, 11) is 1.67. The lowest BCUT2D eigenvalue weighted by molar-refractivity contribution is 0.224. The molecule has 1 aliphatic heterocycles. The van der Waals surface area contributed by atoms with Crippen LogP contribution in [0, 0.1) is 0 Å². The van der Waals surface area contributed by atoms with E-state index in [4.69, 9.17) is 4.74 Å². The van der Waals surface area contributed by atoms with Crippen molar-refractivity contribution in [2.24, 2.45) is 0 Å². The molecule has 0 aliphatic carbocycles. The number of hydrogen-bond acceptors (Lipinski definition) is 5. The topological polar surface area (TPSA) is 88.5 Å². The van der Waals surface area contributed by atoms with Crippen LogP contribution in [0.1, 0.15) is 30.0 Å². The van der Waals surface area contributed by atoms with Crippen LogP contribution in [0.25, 0.3) is 0 Å². The van der Waals surface area contributed by atoms with E-state index in [1.54, 1.807) is 19.4 Å². The second kappa shape index (κ2) is 10.8. The predicted octanol–water partition coefficient (Wildman–Crippen LogP) is 3.26. The number of carbonyl (C=O) groups is 1. The smallest absolute Gasteiger partial charge is 0.347 e. The number of rotatable bonds is 8. The number of carbonyl (C=O) groups excluding carboxylic acids is 1. The van der Waals surface area contributed by atoms with Crippen LogP contribution in [0.4, 0.5) is 10.5 Å². The van der Waals surface area contributed by atoms with Crippen molar-refractivity contribution in [3.8, 4) is 5.75 Å². The number of ether oxygens (including phenoxy) is 1. The molecule has 2 heterocycles. The summed E-state index contributed by atoms with van der Waals surface area (Å²) in [5.74, 6) is 0.829. The highest BCUT2D eigenvalue weighted by atomic mass is 16.5. The zero-order valence-corrected chi connectivity index (χ0v) is 18.7. The Hall–Kier alpha value is -3.65. The number of hydrogen-bond donors (Lipinski definition) is 2. The molecular formula is C25H29N5O3. The molecule has 172 valence electrons. The molecule has 2 N–H and O–H groups in total. The molecule has 0 unspecified atom stereocenters. The van der Waals surface area contributed by atoms with E-state index >= 15 is 0 Å². The molecule has 1 atom stereocenters. The Morgan fingerprint density at radius 2 is 1.94 bits per heavy atom. The molecular weight excluding hydrogens is 418 g/mol. The Labute approximate surface area is 193 Å². The third kappa shape index (κ3) is 5.78. The van der Waals surface area contributed by atoms with Gasteiger partial charge in [-0.25, -0.2) is 14.6 Å². The van der Waals surface area contributed by atoms with Gasteiger partial charge < -0.3 is 15.4 Å². The first-order valence-electron chi connectivity index (χ1n) is 11.2. The van der Waals surface area contributed by atoms with Crippen LogP contribution in [0.15, 0.2) is 71.8 Å². The Morgan fingerprint density at radius 3 is 2.73 bits per heavy atom. The van der Waals surface area contributed by atoms with Gasteiger partial charge in [-0.15, -0.1) is 0 Å². The fourth-order valence-electron chi connectivity index (χ4n) is 4.25. The van der Waals surface area contributed by atoms with Crippen molar-refractivity contribution in [1.82, 2.24) is 19.8 Å². The molecule has 2 aromatic carbocycles. The van der Waals surface area contributed by atoms with Crippen molar-refractivity contribution in [3.05, 3.63) is 88.6 Å². The third-order valence-corrected chi connectivity index (χ3v) is 5.86. The van der Waals surface area contributed by atoms with Crippen LogP contribution in [-0.4, -0.2) is 47.2 Å². The molecule has 1 aliphatic rings. The SMILES string of the molecule is COc1ccccc1[C@@H](CNC(=O)Nc1cccc(Cn2cccnc2=O)c1)N1CCCC1. The maximum absolute atomic E-state index is 12.7. The molecule has 3 aromatic rings. The van der Waals surface area contributed by atoms with E-state index in [-0.39, 0.29) is 17.8 Å². The molecule has 4 rings (SSSR count). The number of nitrogens with one attached hydrogen (secondary N) is 2. The van der Waals surface area contributed by atoms with Crippen molar-refractivity contribution in [1.29, 1.82) is 0 Å². The molecule has 1 saturated heterocycles. The minimum atomic E-state index is -0.308. The molecule has 1 aromatic heterocycles. The van der Waals surface area contributed by atoms with E-state index in [9.17, 15) is 9.59 Å². The molecule has 8 nitrogen and oxygen atoms in total. The quantitative estimate of drug-likeness (QED) is 0.553. The van der Waals surface area contributed by atoms with E-state index < -0.39 is 0 Å². The van der Waals surface area contributed by atoms with Gasteiger partial charge in [-0.1, -0.05) is 30.3 Å². The molecule has 8 heteroatoms. The Bertz CT molecular complexity index is 1140. The molecule has 0 radical (unpaired) electrons. The van der Waals surface area contributed by atoms with Crippen LogP contribution in [0.2, 0.25) is 0 Å². The Balaban J connectivity index is 1.41. The van der Waals surface area contributed by atoms with Gasteiger partial charge in [0, 0.05) is 30.2 Å². The first-order chi connectivity index (χ1) is 16.1. The van der Waals surface area contributed by atoms with Crippen LogP contribution in [0.3, 0.4) is 0 Å². The maximum Gasteiger partial charge on any atom is 0.347 e. The minimum absolute atomic E-state index is 0.0400. The number of benzene rings is 2. The molecule has 1 fully saturated rings. The van der Waals surface area contributed by atoms with E-state index in [2.05, 4.69) is 26.6 Å². The fourth-order valence-corrected chi connectivity index (χ4v) is 4.25. The van der Waals surface area contributed by atoms with Gasteiger partial charge in [0.1, 0.15) is 5.75 Å². The first-order valence-corrected chi connectivity index (χ1v) is 11.2.